The average Bonchev–Trinajstić information content (AvgIpc) is 2.90. The summed E-state index contributed by atoms with van der Waals surface area (Å²) in [6.07, 6.45) is 4.27. The molecule has 2 amide bonds. The largest absolute Gasteiger partial charge is 0.497 e. The Bertz CT molecular complexity index is 1040. The van der Waals surface area contributed by atoms with Crippen molar-refractivity contribution >= 4 is 11.8 Å². The number of hydrogen-bond donors (Lipinski definition) is 3. The van der Waals surface area contributed by atoms with Gasteiger partial charge in [0.05, 0.1) is 12.6 Å². The van der Waals surface area contributed by atoms with Crippen molar-refractivity contribution in [1.29, 1.82) is 0 Å². The van der Waals surface area contributed by atoms with E-state index in [1.165, 1.54) is 0 Å². The number of benzene rings is 3. The molecule has 0 aromatic heterocycles. The van der Waals surface area contributed by atoms with Gasteiger partial charge in [-0.1, -0.05) is 79.9 Å². The van der Waals surface area contributed by atoms with Crippen LogP contribution in [0.15, 0.2) is 84.9 Å². The SMILES string of the molecule is COc1ccc(C(CCCCCCC(=O)NO)(NC(=O)c2ccccc2)c2ccccc2)cc1. The van der Waals surface area contributed by atoms with Gasteiger partial charge in [0.1, 0.15) is 5.75 Å². The molecular weight excluding hydrogens is 428 g/mol. The Balaban J connectivity index is 1.91. The molecule has 6 nitrogen and oxygen atoms in total. The summed E-state index contributed by atoms with van der Waals surface area (Å²) < 4.78 is 5.35. The second-order valence-electron chi connectivity index (χ2n) is 8.27. The molecule has 178 valence electrons. The molecule has 0 radical (unpaired) electrons. The first kappa shape index (κ1) is 25.0. The zero-order valence-electron chi connectivity index (χ0n) is 19.5. The number of amides is 2. The summed E-state index contributed by atoms with van der Waals surface area (Å²) in [6.45, 7) is 0. The van der Waals surface area contributed by atoms with Crippen LogP contribution in [0.4, 0.5) is 0 Å². The Morgan fingerprint density at radius 2 is 1.38 bits per heavy atom. The van der Waals surface area contributed by atoms with E-state index < -0.39 is 5.54 Å². The van der Waals surface area contributed by atoms with Crippen molar-refractivity contribution in [3.05, 3.63) is 102 Å². The quantitative estimate of drug-likeness (QED) is 0.197. The van der Waals surface area contributed by atoms with Crippen LogP contribution in [0, 0.1) is 0 Å². The summed E-state index contributed by atoms with van der Waals surface area (Å²) in [5, 5.41) is 12.0. The maximum atomic E-state index is 13.4. The van der Waals surface area contributed by atoms with Crippen molar-refractivity contribution in [3.63, 3.8) is 0 Å². The van der Waals surface area contributed by atoms with Crippen LogP contribution < -0.4 is 15.5 Å². The van der Waals surface area contributed by atoms with Crippen LogP contribution in [0.25, 0.3) is 0 Å². The van der Waals surface area contributed by atoms with E-state index in [2.05, 4.69) is 5.32 Å². The molecule has 34 heavy (non-hydrogen) atoms. The highest BCUT2D eigenvalue weighted by Crippen LogP contribution is 2.36. The first-order valence-electron chi connectivity index (χ1n) is 11.6. The zero-order chi connectivity index (χ0) is 24.2. The Morgan fingerprint density at radius 3 is 2.00 bits per heavy atom. The molecule has 3 aromatic rings. The lowest BCUT2D eigenvalue weighted by Crippen LogP contribution is -2.47. The van der Waals surface area contributed by atoms with E-state index in [-0.39, 0.29) is 11.8 Å². The Kier molecular flexibility index (Phi) is 9.23. The molecule has 0 aliphatic rings. The molecular formula is C28H32N2O4. The molecule has 0 spiro atoms. The molecule has 3 rings (SSSR count). The van der Waals surface area contributed by atoms with E-state index in [0.717, 1.165) is 36.1 Å². The van der Waals surface area contributed by atoms with Gasteiger partial charge in [-0.15, -0.1) is 0 Å². The fourth-order valence-electron chi connectivity index (χ4n) is 4.20. The van der Waals surface area contributed by atoms with Crippen molar-refractivity contribution in [2.24, 2.45) is 0 Å². The van der Waals surface area contributed by atoms with Crippen molar-refractivity contribution in [1.82, 2.24) is 10.8 Å². The Morgan fingerprint density at radius 1 is 0.794 bits per heavy atom. The normalized spacial score (nSPS) is 12.4. The molecule has 1 unspecified atom stereocenters. The minimum atomic E-state index is -0.733. The summed E-state index contributed by atoms with van der Waals surface area (Å²) >= 11 is 0. The number of unbranched alkanes of at least 4 members (excludes halogenated alkanes) is 3. The average molecular weight is 461 g/mol. The highest BCUT2D eigenvalue weighted by molar-refractivity contribution is 5.95. The summed E-state index contributed by atoms with van der Waals surface area (Å²) in [7, 11) is 1.63. The van der Waals surface area contributed by atoms with Gasteiger partial charge >= 0.3 is 0 Å². The smallest absolute Gasteiger partial charge is 0.252 e. The third-order valence-corrected chi connectivity index (χ3v) is 6.04. The van der Waals surface area contributed by atoms with Crippen LogP contribution in [0.1, 0.15) is 60.0 Å². The number of rotatable bonds is 12. The molecule has 0 aliphatic heterocycles. The number of methoxy groups -OCH3 is 1. The maximum absolute atomic E-state index is 13.4. The van der Waals surface area contributed by atoms with Crippen LogP contribution in [-0.4, -0.2) is 24.1 Å². The lowest BCUT2D eigenvalue weighted by Gasteiger charge is -2.36. The molecule has 0 aliphatic carbocycles. The molecule has 6 heteroatoms. The van der Waals surface area contributed by atoms with Gasteiger partial charge in [-0.25, -0.2) is 5.48 Å². The van der Waals surface area contributed by atoms with Gasteiger partial charge < -0.3 is 10.1 Å². The number of hydrogen-bond acceptors (Lipinski definition) is 4. The van der Waals surface area contributed by atoms with Crippen LogP contribution >= 0.6 is 0 Å². The van der Waals surface area contributed by atoms with E-state index >= 15 is 0 Å². The van der Waals surface area contributed by atoms with E-state index in [0.29, 0.717) is 24.8 Å². The van der Waals surface area contributed by atoms with Gasteiger partial charge in [0.25, 0.3) is 5.91 Å². The summed E-state index contributed by atoms with van der Waals surface area (Å²) in [5.41, 5.74) is 3.52. The van der Waals surface area contributed by atoms with Gasteiger partial charge in [-0.3, -0.25) is 14.8 Å². The number of nitrogens with one attached hydrogen (secondary N) is 2. The number of hydroxylamine groups is 1. The monoisotopic (exact) mass is 460 g/mol. The predicted octanol–water partition coefficient (Wildman–Crippen LogP) is 5.21. The second-order valence-corrected chi connectivity index (χ2v) is 8.27. The summed E-state index contributed by atoms with van der Waals surface area (Å²) in [4.78, 5) is 24.6. The molecule has 0 saturated carbocycles. The van der Waals surface area contributed by atoms with Crippen molar-refractivity contribution in [2.75, 3.05) is 7.11 Å². The summed E-state index contributed by atoms with van der Waals surface area (Å²) in [6, 6.07) is 27.1. The molecule has 1 atom stereocenters. The van der Waals surface area contributed by atoms with E-state index in [4.69, 9.17) is 9.94 Å². The number of carbonyl (C=O) groups excluding carboxylic acids is 2. The van der Waals surface area contributed by atoms with Crippen molar-refractivity contribution < 1.29 is 19.5 Å². The van der Waals surface area contributed by atoms with Crippen LogP contribution in [0.3, 0.4) is 0 Å². The highest BCUT2D eigenvalue weighted by atomic mass is 16.5. The van der Waals surface area contributed by atoms with E-state index in [1.807, 2.05) is 84.9 Å². The van der Waals surface area contributed by atoms with Crippen LogP contribution in [0.5, 0.6) is 5.75 Å². The molecule has 0 heterocycles. The van der Waals surface area contributed by atoms with Gasteiger partial charge in [0, 0.05) is 12.0 Å². The minimum Gasteiger partial charge on any atom is -0.497 e. The first-order valence-corrected chi connectivity index (χ1v) is 11.6. The van der Waals surface area contributed by atoms with Gasteiger partial charge in [0.15, 0.2) is 0 Å². The molecule has 0 fully saturated rings. The van der Waals surface area contributed by atoms with Gasteiger partial charge in [-0.2, -0.15) is 0 Å². The van der Waals surface area contributed by atoms with Crippen molar-refractivity contribution in [3.8, 4) is 5.75 Å². The first-order chi connectivity index (χ1) is 16.6. The lowest BCUT2D eigenvalue weighted by molar-refractivity contribution is -0.129. The predicted molar refractivity (Wildman–Crippen MR) is 132 cm³/mol. The Hall–Kier alpha value is -3.64. The number of carbonyl (C=O) groups is 2. The topological polar surface area (TPSA) is 87.7 Å². The summed E-state index contributed by atoms with van der Waals surface area (Å²) in [5.74, 6) is 0.245. The second kappa shape index (κ2) is 12.6. The van der Waals surface area contributed by atoms with Gasteiger partial charge in [-0.05, 0) is 48.2 Å². The molecule has 3 N–H and O–H groups in total. The molecule has 3 aromatic carbocycles. The van der Waals surface area contributed by atoms with Crippen molar-refractivity contribution in [2.45, 2.75) is 44.1 Å². The fraction of sp³-hybridized carbons (Fsp3) is 0.286. The van der Waals surface area contributed by atoms with Crippen LogP contribution in [0.2, 0.25) is 0 Å². The molecule has 0 bridgehead atoms. The van der Waals surface area contributed by atoms with Crippen LogP contribution in [-0.2, 0) is 10.3 Å². The number of ether oxygens (including phenoxy) is 1. The third kappa shape index (κ3) is 6.45. The minimum absolute atomic E-state index is 0.139. The van der Waals surface area contributed by atoms with Gasteiger partial charge in [0.2, 0.25) is 5.91 Å². The Labute approximate surface area is 200 Å². The van der Waals surface area contributed by atoms with E-state index in [9.17, 15) is 9.59 Å². The standard InChI is InChI=1S/C28H32N2O4/c1-34-25-19-17-24(18-20-25)28(23-14-8-5-9-15-23,21-11-3-2-10-16-26(31)30-33)29-27(32)22-12-6-4-7-13-22/h4-9,12-15,17-20,33H,2-3,10-11,16,21H2,1H3,(H,29,32)(H,30,31). The van der Waals surface area contributed by atoms with E-state index in [1.54, 1.807) is 12.6 Å². The lowest BCUT2D eigenvalue weighted by atomic mass is 9.78. The third-order valence-electron chi connectivity index (χ3n) is 6.04. The molecule has 0 saturated heterocycles. The maximum Gasteiger partial charge on any atom is 0.252 e. The zero-order valence-corrected chi connectivity index (χ0v) is 19.5. The highest BCUT2D eigenvalue weighted by Gasteiger charge is 2.35. The fourth-order valence-corrected chi connectivity index (χ4v) is 4.20.